The molecule has 3 rings (SSSR count). The number of carbonyl (C=O) groups is 1. The Morgan fingerprint density at radius 1 is 1.50 bits per heavy atom. The molecule has 1 saturated heterocycles. The number of nitrogens with two attached hydrogens (primary N) is 1. The molecule has 7 nitrogen and oxygen atoms in total. The Labute approximate surface area is 139 Å². The number of hydrogen-bond acceptors (Lipinski definition) is 5. The van der Waals surface area contributed by atoms with E-state index in [-0.39, 0.29) is 11.9 Å². The van der Waals surface area contributed by atoms with Crippen LogP contribution in [0.15, 0.2) is 24.3 Å². The summed E-state index contributed by atoms with van der Waals surface area (Å²) in [6.07, 6.45) is 0.417. The largest absolute Gasteiger partial charge is 0.368 e. The molecule has 0 radical (unpaired) electrons. The number of H-pyrrole nitrogens is 1. The lowest BCUT2D eigenvalue weighted by Gasteiger charge is -2.36. The number of rotatable bonds is 5. The van der Waals surface area contributed by atoms with Gasteiger partial charge in [-0.3, -0.25) is 14.8 Å². The fraction of sp³-hybridized carbons (Fsp3) is 0.438. The van der Waals surface area contributed by atoms with Crippen LogP contribution < -0.4 is 5.73 Å². The van der Waals surface area contributed by atoms with Crippen LogP contribution in [0.1, 0.15) is 36.3 Å². The molecule has 0 aliphatic carbocycles. The molecule has 1 amide bonds. The molecule has 1 aliphatic heterocycles. The SMILES string of the molecule is CCc1nc([C@H]2CN([C@@H](C(N)=O)c3ccc(F)cc3)CCO2)n[nH]1. The van der Waals surface area contributed by atoms with Gasteiger partial charge in [0.1, 0.15) is 23.8 Å². The number of halogens is 1. The second kappa shape index (κ2) is 7.06. The maximum atomic E-state index is 13.1. The van der Waals surface area contributed by atoms with Crippen molar-refractivity contribution in [2.24, 2.45) is 5.73 Å². The lowest BCUT2D eigenvalue weighted by molar-refractivity contribution is -0.127. The molecule has 24 heavy (non-hydrogen) atoms. The van der Waals surface area contributed by atoms with Gasteiger partial charge in [-0.1, -0.05) is 19.1 Å². The fourth-order valence-electron chi connectivity index (χ4n) is 2.87. The Morgan fingerprint density at radius 2 is 2.25 bits per heavy atom. The van der Waals surface area contributed by atoms with Gasteiger partial charge in [-0.2, -0.15) is 5.10 Å². The highest BCUT2D eigenvalue weighted by atomic mass is 19.1. The van der Waals surface area contributed by atoms with Gasteiger partial charge >= 0.3 is 0 Å². The van der Waals surface area contributed by atoms with Gasteiger partial charge in [0.15, 0.2) is 5.82 Å². The number of amides is 1. The Bertz CT molecular complexity index is 703. The van der Waals surface area contributed by atoms with Gasteiger partial charge in [-0.25, -0.2) is 9.37 Å². The van der Waals surface area contributed by atoms with Crippen molar-refractivity contribution >= 4 is 5.91 Å². The fourth-order valence-corrected chi connectivity index (χ4v) is 2.87. The van der Waals surface area contributed by atoms with Crippen molar-refractivity contribution in [3.63, 3.8) is 0 Å². The number of morpholine rings is 1. The molecule has 2 heterocycles. The maximum absolute atomic E-state index is 13.1. The molecule has 2 atom stereocenters. The third kappa shape index (κ3) is 3.44. The summed E-state index contributed by atoms with van der Waals surface area (Å²) in [6, 6.07) is 5.17. The highest BCUT2D eigenvalue weighted by Crippen LogP contribution is 2.27. The number of nitrogens with one attached hydrogen (secondary N) is 1. The first-order valence-electron chi connectivity index (χ1n) is 7.90. The van der Waals surface area contributed by atoms with E-state index in [9.17, 15) is 9.18 Å². The summed E-state index contributed by atoms with van der Waals surface area (Å²) in [7, 11) is 0. The van der Waals surface area contributed by atoms with E-state index in [0.29, 0.717) is 31.1 Å². The van der Waals surface area contributed by atoms with Gasteiger partial charge < -0.3 is 10.5 Å². The van der Waals surface area contributed by atoms with Gasteiger partial charge in [0.25, 0.3) is 0 Å². The van der Waals surface area contributed by atoms with Crippen LogP contribution in [0, 0.1) is 5.82 Å². The number of carbonyl (C=O) groups excluding carboxylic acids is 1. The zero-order chi connectivity index (χ0) is 17.1. The first-order chi connectivity index (χ1) is 11.6. The molecule has 0 spiro atoms. The van der Waals surface area contributed by atoms with Crippen molar-refractivity contribution < 1.29 is 13.9 Å². The normalized spacial score (nSPS) is 20.0. The molecule has 3 N–H and O–H groups in total. The predicted octanol–water partition coefficient (Wildman–Crippen LogP) is 1.11. The van der Waals surface area contributed by atoms with Crippen LogP contribution in [-0.2, 0) is 16.0 Å². The minimum atomic E-state index is -0.637. The standard InChI is InChI=1S/C16H20FN5O2/c1-2-13-19-16(21-20-13)12-9-22(7-8-24-12)14(15(18)23)10-3-5-11(17)6-4-10/h3-6,12,14H,2,7-9H2,1H3,(H2,18,23)(H,19,20,21)/t12-,14-/m1/s1. The average molecular weight is 333 g/mol. The Kier molecular flexibility index (Phi) is 4.86. The topological polar surface area (TPSA) is 97.1 Å². The third-order valence-electron chi connectivity index (χ3n) is 4.09. The molecule has 2 aromatic rings. The van der Waals surface area contributed by atoms with Crippen molar-refractivity contribution in [2.75, 3.05) is 19.7 Å². The Balaban J connectivity index is 1.80. The van der Waals surface area contributed by atoms with E-state index in [1.165, 1.54) is 12.1 Å². The second-order valence-electron chi connectivity index (χ2n) is 5.70. The van der Waals surface area contributed by atoms with Crippen LogP contribution in [0.25, 0.3) is 0 Å². The number of nitrogens with zero attached hydrogens (tertiary/aromatic N) is 3. The number of aromatic nitrogens is 3. The van der Waals surface area contributed by atoms with E-state index in [1.54, 1.807) is 12.1 Å². The zero-order valence-electron chi connectivity index (χ0n) is 13.4. The average Bonchev–Trinajstić information content (AvgIpc) is 3.06. The van der Waals surface area contributed by atoms with Crippen molar-refractivity contribution in [3.05, 3.63) is 47.3 Å². The van der Waals surface area contributed by atoms with E-state index in [4.69, 9.17) is 10.5 Å². The van der Waals surface area contributed by atoms with Crippen molar-refractivity contribution in [1.29, 1.82) is 0 Å². The van der Waals surface area contributed by atoms with Crippen LogP contribution in [0.2, 0.25) is 0 Å². The van der Waals surface area contributed by atoms with Crippen LogP contribution in [0.3, 0.4) is 0 Å². The van der Waals surface area contributed by atoms with E-state index in [1.807, 2.05) is 11.8 Å². The predicted molar refractivity (Wildman–Crippen MR) is 84.4 cm³/mol. The lowest BCUT2D eigenvalue weighted by Crippen LogP contribution is -2.45. The van der Waals surface area contributed by atoms with Crippen molar-refractivity contribution in [2.45, 2.75) is 25.5 Å². The smallest absolute Gasteiger partial charge is 0.239 e. The Morgan fingerprint density at radius 3 is 2.88 bits per heavy atom. The van der Waals surface area contributed by atoms with Crippen LogP contribution >= 0.6 is 0 Å². The zero-order valence-corrected chi connectivity index (χ0v) is 13.4. The minimum Gasteiger partial charge on any atom is -0.368 e. The summed E-state index contributed by atoms with van der Waals surface area (Å²) in [5.41, 5.74) is 6.26. The summed E-state index contributed by atoms with van der Waals surface area (Å²) in [6.45, 7) is 3.40. The molecular weight excluding hydrogens is 313 g/mol. The molecular formula is C16H20FN5O2. The van der Waals surface area contributed by atoms with Gasteiger partial charge in [-0.15, -0.1) is 0 Å². The lowest BCUT2D eigenvalue weighted by atomic mass is 10.0. The summed E-state index contributed by atoms with van der Waals surface area (Å²) in [4.78, 5) is 18.3. The number of hydrogen-bond donors (Lipinski definition) is 2. The maximum Gasteiger partial charge on any atom is 0.239 e. The molecule has 0 bridgehead atoms. The van der Waals surface area contributed by atoms with Crippen LogP contribution in [0.4, 0.5) is 4.39 Å². The number of aromatic amines is 1. The van der Waals surface area contributed by atoms with E-state index in [0.717, 1.165) is 12.2 Å². The monoisotopic (exact) mass is 333 g/mol. The van der Waals surface area contributed by atoms with Gasteiger partial charge in [0.05, 0.1) is 6.61 Å². The molecule has 1 aromatic carbocycles. The molecule has 1 aromatic heterocycles. The summed E-state index contributed by atoms with van der Waals surface area (Å²) in [5, 5.41) is 7.04. The van der Waals surface area contributed by atoms with Gasteiger partial charge in [-0.05, 0) is 17.7 Å². The number of ether oxygens (including phenoxy) is 1. The third-order valence-corrected chi connectivity index (χ3v) is 4.09. The summed E-state index contributed by atoms with van der Waals surface area (Å²) < 4.78 is 18.9. The summed E-state index contributed by atoms with van der Waals surface area (Å²) >= 11 is 0. The first kappa shape index (κ1) is 16.5. The van der Waals surface area contributed by atoms with Crippen LogP contribution in [0.5, 0.6) is 0 Å². The minimum absolute atomic E-state index is 0.336. The van der Waals surface area contributed by atoms with E-state index in [2.05, 4.69) is 15.2 Å². The van der Waals surface area contributed by atoms with E-state index >= 15 is 0 Å². The molecule has 1 aliphatic rings. The first-order valence-corrected chi connectivity index (χ1v) is 7.90. The van der Waals surface area contributed by atoms with Gasteiger partial charge in [0.2, 0.25) is 5.91 Å². The molecule has 0 saturated carbocycles. The van der Waals surface area contributed by atoms with Gasteiger partial charge in [0, 0.05) is 19.5 Å². The highest BCUT2D eigenvalue weighted by molar-refractivity contribution is 5.81. The molecule has 1 fully saturated rings. The van der Waals surface area contributed by atoms with Crippen LogP contribution in [-0.4, -0.2) is 45.7 Å². The highest BCUT2D eigenvalue weighted by Gasteiger charge is 2.33. The number of benzene rings is 1. The van der Waals surface area contributed by atoms with Crippen molar-refractivity contribution in [3.8, 4) is 0 Å². The second-order valence-corrected chi connectivity index (χ2v) is 5.70. The number of aryl methyl sites for hydroxylation is 1. The van der Waals surface area contributed by atoms with E-state index < -0.39 is 11.9 Å². The number of primary amides is 1. The molecule has 128 valence electrons. The van der Waals surface area contributed by atoms with Crippen molar-refractivity contribution in [1.82, 2.24) is 20.1 Å². The molecule has 8 heteroatoms. The summed E-state index contributed by atoms with van der Waals surface area (Å²) in [5.74, 6) is 0.524. The Hall–Kier alpha value is -2.32. The quantitative estimate of drug-likeness (QED) is 0.854. The molecule has 0 unspecified atom stereocenters.